The van der Waals surface area contributed by atoms with E-state index in [1.54, 1.807) is 0 Å². The summed E-state index contributed by atoms with van der Waals surface area (Å²) in [5.74, 6) is -0.545. The molecule has 1 atom stereocenters. The van der Waals surface area contributed by atoms with Crippen LogP contribution >= 0.6 is 0 Å². The monoisotopic (exact) mass is 198 g/mol. The molecule has 0 aliphatic carbocycles. The molecule has 14 heavy (non-hydrogen) atoms. The summed E-state index contributed by atoms with van der Waals surface area (Å²) >= 11 is 0. The first-order chi connectivity index (χ1) is 6.49. The number of hydrogen-bond acceptors (Lipinski definition) is 4. The summed E-state index contributed by atoms with van der Waals surface area (Å²) in [5, 5.41) is 2.76. The summed E-state index contributed by atoms with van der Waals surface area (Å²) in [6.45, 7) is 11.3. The van der Waals surface area contributed by atoms with Gasteiger partial charge >= 0.3 is 5.97 Å². The van der Waals surface area contributed by atoms with Gasteiger partial charge in [0.2, 0.25) is 0 Å². The minimum atomic E-state index is -1.10. The van der Waals surface area contributed by atoms with Crippen LogP contribution in [0, 0.1) is 0 Å². The molecule has 1 unspecified atom stereocenters. The van der Waals surface area contributed by atoms with Gasteiger partial charge in [0.05, 0.1) is 0 Å². The highest BCUT2D eigenvalue weighted by Crippen LogP contribution is 2.11. The SMILES string of the molecule is C=CC(N)(CC)OC(=O)C(=C)NCC. The number of rotatable bonds is 6. The first-order valence-corrected chi connectivity index (χ1v) is 4.57. The minimum Gasteiger partial charge on any atom is -0.436 e. The molecule has 80 valence electrons. The van der Waals surface area contributed by atoms with E-state index in [0.29, 0.717) is 13.0 Å². The zero-order valence-corrected chi connectivity index (χ0v) is 8.80. The zero-order chi connectivity index (χ0) is 11.2. The smallest absolute Gasteiger partial charge is 0.355 e. The van der Waals surface area contributed by atoms with E-state index >= 15 is 0 Å². The molecule has 0 amide bonds. The van der Waals surface area contributed by atoms with Gasteiger partial charge in [-0.3, -0.25) is 5.73 Å². The number of nitrogens with two attached hydrogens (primary N) is 1. The Balaban J connectivity index is 4.30. The number of nitrogens with one attached hydrogen (secondary N) is 1. The van der Waals surface area contributed by atoms with Crippen molar-refractivity contribution < 1.29 is 9.53 Å². The maximum absolute atomic E-state index is 11.4. The minimum absolute atomic E-state index is 0.206. The molecule has 0 aromatic rings. The van der Waals surface area contributed by atoms with Gasteiger partial charge in [-0.1, -0.05) is 20.1 Å². The fourth-order valence-electron chi connectivity index (χ4n) is 0.778. The summed E-state index contributed by atoms with van der Waals surface area (Å²) in [4.78, 5) is 11.4. The Hall–Kier alpha value is -1.29. The Labute approximate surface area is 84.8 Å². The lowest BCUT2D eigenvalue weighted by atomic mass is 10.2. The number of carbonyl (C=O) groups excluding carboxylic acids is 1. The fourth-order valence-corrected chi connectivity index (χ4v) is 0.778. The van der Waals surface area contributed by atoms with Gasteiger partial charge in [-0.05, 0) is 13.0 Å². The van der Waals surface area contributed by atoms with Crippen LogP contribution in [0.25, 0.3) is 0 Å². The molecule has 4 nitrogen and oxygen atoms in total. The first-order valence-electron chi connectivity index (χ1n) is 4.57. The second-order valence-electron chi connectivity index (χ2n) is 2.91. The van der Waals surface area contributed by atoms with Gasteiger partial charge in [-0.25, -0.2) is 4.79 Å². The molecule has 0 fully saturated rings. The van der Waals surface area contributed by atoms with Crippen LogP contribution in [0.1, 0.15) is 20.3 Å². The molecule has 0 bridgehead atoms. The second kappa shape index (κ2) is 5.44. The summed E-state index contributed by atoms with van der Waals surface area (Å²) in [5.41, 5.74) is 4.81. The van der Waals surface area contributed by atoms with E-state index < -0.39 is 11.7 Å². The van der Waals surface area contributed by atoms with Crippen molar-refractivity contribution in [2.75, 3.05) is 6.54 Å². The van der Waals surface area contributed by atoms with Crippen LogP contribution in [0.2, 0.25) is 0 Å². The topological polar surface area (TPSA) is 64.3 Å². The Kier molecular flexibility index (Phi) is 4.94. The Morgan fingerprint density at radius 2 is 2.21 bits per heavy atom. The number of ether oxygens (including phenoxy) is 1. The third-order valence-electron chi connectivity index (χ3n) is 1.82. The predicted octanol–water partition coefficient (Wildman–Crippen LogP) is 0.904. The van der Waals surface area contributed by atoms with E-state index in [9.17, 15) is 4.79 Å². The molecule has 0 aliphatic rings. The van der Waals surface area contributed by atoms with E-state index in [1.165, 1.54) is 6.08 Å². The van der Waals surface area contributed by atoms with Crippen LogP contribution in [0.5, 0.6) is 0 Å². The Morgan fingerprint density at radius 3 is 2.57 bits per heavy atom. The van der Waals surface area contributed by atoms with Crippen LogP contribution in [-0.4, -0.2) is 18.2 Å². The van der Waals surface area contributed by atoms with Crippen LogP contribution < -0.4 is 11.1 Å². The van der Waals surface area contributed by atoms with E-state index in [1.807, 2.05) is 13.8 Å². The maximum Gasteiger partial charge on any atom is 0.355 e. The average Bonchev–Trinajstić information content (AvgIpc) is 2.18. The highest BCUT2D eigenvalue weighted by molar-refractivity contribution is 5.87. The molecule has 3 N–H and O–H groups in total. The van der Waals surface area contributed by atoms with E-state index in [4.69, 9.17) is 10.5 Å². The van der Waals surface area contributed by atoms with Crippen molar-refractivity contribution >= 4 is 5.97 Å². The summed E-state index contributed by atoms with van der Waals surface area (Å²) < 4.78 is 5.01. The van der Waals surface area contributed by atoms with Crippen molar-refractivity contribution in [1.29, 1.82) is 0 Å². The van der Waals surface area contributed by atoms with E-state index in [-0.39, 0.29) is 5.70 Å². The quantitative estimate of drug-likeness (QED) is 0.288. The molecule has 0 saturated heterocycles. The number of esters is 1. The van der Waals surface area contributed by atoms with Crippen LogP contribution in [-0.2, 0) is 9.53 Å². The summed E-state index contributed by atoms with van der Waals surface area (Å²) in [7, 11) is 0. The van der Waals surface area contributed by atoms with Crippen molar-refractivity contribution in [3.05, 3.63) is 24.9 Å². The number of hydrogen-bond donors (Lipinski definition) is 2. The number of likely N-dealkylation sites (N-methyl/N-ethyl adjacent to an activating group) is 1. The van der Waals surface area contributed by atoms with E-state index in [0.717, 1.165) is 0 Å². The van der Waals surface area contributed by atoms with Gasteiger partial charge in [0, 0.05) is 13.0 Å². The van der Waals surface area contributed by atoms with Gasteiger partial charge in [0.25, 0.3) is 0 Å². The molecule has 4 heteroatoms. The van der Waals surface area contributed by atoms with Crippen molar-refractivity contribution in [1.82, 2.24) is 5.32 Å². The maximum atomic E-state index is 11.4. The lowest BCUT2D eigenvalue weighted by Crippen LogP contribution is -2.43. The molecule has 0 aromatic heterocycles. The second-order valence-corrected chi connectivity index (χ2v) is 2.91. The molecule has 0 spiro atoms. The van der Waals surface area contributed by atoms with Gasteiger partial charge < -0.3 is 10.1 Å². The molecule has 0 heterocycles. The molecular weight excluding hydrogens is 180 g/mol. The van der Waals surface area contributed by atoms with Crippen LogP contribution in [0.4, 0.5) is 0 Å². The molecule has 0 saturated carbocycles. The summed E-state index contributed by atoms with van der Waals surface area (Å²) in [6, 6.07) is 0. The Morgan fingerprint density at radius 1 is 1.64 bits per heavy atom. The number of carbonyl (C=O) groups is 1. The van der Waals surface area contributed by atoms with Gasteiger partial charge in [-0.15, -0.1) is 0 Å². The lowest BCUT2D eigenvalue weighted by Gasteiger charge is -2.24. The third-order valence-corrected chi connectivity index (χ3v) is 1.82. The lowest BCUT2D eigenvalue weighted by molar-refractivity contribution is -0.150. The van der Waals surface area contributed by atoms with Crippen LogP contribution in [0.15, 0.2) is 24.9 Å². The molecule has 0 aromatic carbocycles. The highest BCUT2D eigenvalue weighted by atomic mass is 16.6. The van der Waals surface area contributed by atoms with Gasteiger partial charge in [0.1, 0.15) is 5.70 Å². The molecular formula is C10H18N2O2. The van der Waals surface area contributed by atoms with Gasteiger partial charge in [0.15, 0.2) is 5.72 Å². The van der Waals surface area contributed by atoms with Crippen LogP contribution in [0.3, 0.4) is 0 Å². The molecule has 0 aliphatic heterocycles. The zero-order valence-electron chi connectivity index (χ0n) is 8.80. The fraction of sp³-hybridized carbons (Fsp3) is 0.500. The average molecular weight is 198 g/mol. The Bertz CT molecular complexity index is 238. The third kappa shape index (κ3) is 3.62. The normalized spacial score (nSPS) is 13.9. The largest absolute Gasteiger partial charge is 0.436 e. The first kappa shape index (κ1) is 12.7. The predicted molar refractivity (Wildman–Crippen MR) is 56.3 cm³/mol. The molecule has 0 radical (unpaired) electrons. The van der Waals surface area contributed by atoms with E-state index in [2.05, 4.69) is 18.5 Å². The standard InChI is InChI=1S/C10H18N2O2/c1-5-10(11,6-2)14-9(13)8(4)12-7-3/h5,12H,1,4,6-7,11H2,2-3H3. The summed E-state index contributed by atoms with van der Waals surface area (Å²) in [6.07, 6.45) is 1.88. The van der Waals surface area contributed by atoms with Crippen molar-refractivity contribution in [2.24, 2.45) is 5.73 Å². The van der Waals surface area contributed by atoms with Crippen molar-refractivity contribution in [3.63, 3.8) is 0 Å². The highest BCUT2D eigenvalue weighted by Gasteiger charge is 2.24. The molecule has 0 rings (SSSR count). The van der Waals surface area contributed by atoms with Crippen molar-refractivity contribution in [2.45, 2.75) is 26.0 Å². The van der Waals surface area contributed by atoms with Gasteiger partial charge in [-0.2, -0.15) is 0 Å². The van der Waals surface area contributed by atoms with Crippen molar-refractivity contribution in [3.8, 4) is 0 Å².